The summed E-state index contributed by atoms with van der Waals surface area (Å²) in [6.07, 6.45) is 8.25. The number of aromatic nitrogens is 2. The quantitative estimate of drug-likeness (QED) is 0.274. The Labute approximate surface area is 228 Å². The third-order valence-electron chi connectivity index (χ3n) is 7.90. The largest absolute Gasteiger partial charge is 0.386 e. The number of aryl methyl sites for hydroxylation is 1. The molecule has 0 bridgehead atoms. The number of thiazole rings is 1. The van der Waals surface area contributed by atoms with Crippen molar-refractivity contribution in [3.8, 4) is 0 Å². The number of pyridine rings is 1. The fourth-order valence-corrected chi connectivity index (χ4v) is 6.79. The van der Waals surface area contributed by atoms with Crippen LogP contribution in [0.3, 0.4) is 0 Å². The zero-order valence-corrected chi connectivity index (χ0v) is 23.3. The van der Waals surface area contributed by atoms with Crippen LogP contribution in [0, 0.1) is 12.3 Å². The monoisotopic (exact) mass is 531 g/mol. The van der Waals surface area contributed by atoms with Crippen molar-refractivity contribution in [2.75, 3.05) is 44.4 Å². The number of benzene rings is 1. The van der Waals surface area contributed by atoms with E-state index in [9.17, 15) is 4.79 Å². The molecule has 1 unspecified atom stereocenters. The summed E-state index contributed by atoms with van der Waals surface area (Å²) < 4.78 is 1.22. The maximum Gasteiger partial charge on any atom is 0.270 e. The number of rotatable bonds is 7. The van der Waals surface area contributed by atoms with Gasteiger partial charge < -0.3 is 25.8 Å². The van der Waals surface area contributed by atoms with Gasteiger partial charge in [-0.05, 0) is 76.9 Å². The van der Waals surface area contributed by atoms with E-state index >= 15 is 0 Å². The van der Waals surface area contributed by atoms with Gasteiger partial charge in [-0.25, -0.2) is 4.98 Å². The average Bonchev–Trinajstić information content (AvgIpc) is 3.37. The summed E-state index contributed by atoms with van der Waals surface area (Å²) in [5.74, 6) is 0.431. The van der Waals surface area contributed by atoms with Crippen LogP contribution in [-0.2, 0) is 4.79 Å². The molecule has 38 heavy (non-hydrogen) atoms. The molecule has 2 aliphatic heterocycles. The van der Waals surface area contributed by atoms with Crippen molar-refractivity contribution < 1.29 is 4.79 Å². The Hall–Kier alpha value is -3.30. The van der Waals surface area contributed by atoms with Gasteiger partial charge in [-0.1, -0.05) is 12.6 Å². The lowest BCUT2D eigenvalue weighted by Crippen LogP contribution is -2.40. The summed E-state index contributed by atoms with van der Waals surface area (Å²) in [5, 5.41) is 15.3. The van der Waals surface area contributed by atoms with Gasteiger partial charge in [-0.15, -0.1) is 11.3 Å². The number of piperidine rings is 2. The standard InChI is InChI=1S/C29H37N7OS/c1-18-22(16-30)27(31-3)24(17-32-18)33-19(2)29(37)36-12-6-5-7-25(36)21-8-9-26-23(15-21)34-28(38-26)20-10-13-35(4)14-11-20/h8-9,15-17,20,25,30,33H,2,5-7,10-14H2,1,3-4H3,(H,31,32). The maximum atomic E-state index is 13.7. The molecule has 8 nitrogen and oxygen atoms in total. The van der Waals surface area contributed by atoms with Crippen LogP contribution in [-0.4, -0.2) is 65.6 Å². The molecule has 2 fully saturated rings. The molecule has 2 aliphatic rings. The van der Waals surface area contributed by atoms with Crippen molar-refractivity contribution in [2.45, 2.75) is 51.0 Å². The van der Waals surface area contributed by atoms with Crippen LogP contribution in [0.1, 0.15) is 65.9 Å². The van der Waals surface area contributed by atoms with Crippen molar-refractivity contribution in [3.05, 3.63) is 58.5 Å². The van der Waals surface area contributed by atoms with Crippen LogP contribution in [0.5, 0.6) is 0 Å². The van der Waals surface area contributed by atoms with Crippen molar-refractivity contribution in [1.82, 2.24) is 19.8 Å². The third kappa shape index (κ3) is 5.17. The molecule has 0 saturated carbocycles. The van der Waals surface area contributed by atoms with Gasteiger partial charge in [0.15, 0.2) is 0 Å². The van der Waals surface area contributed by atoms with E-state index in [0.29, 0.717) is 29.4 Å². The number of nitrogens with one attached hydrogen (secondary N) is 3. The van der Waals surface area contributed by atoms with E-state index in [1.165, 1.54) is 15.9 Å². The Morgan fingerprint density at radius 1 is 1.21 bits per heavy atom. The molecular formula is C29H37N7OS. The number of anilines is 2. The van der Waals surface area contributed by atoms with Crippen LogP contribution >= 0.6 is 11.3 Å². The first kappa shape index (κ1) is 26.3. The summed E-state index contributed by atoms with van der Waals surface area (Å²) in [5.41, 5.74) is 5.27. The van der Waals surface area contributed by atoms with Gasteiger partial charge in [-0.3, -0.25) is 9.78 Å². The Balaban J connectivity index is 1.36. The first-order valence-corrected chi connectivity index (χ1v) is 14.2. The van der Waals surface area contributed by atoms with E-state index in [2.05, 4.69) is 52.3 Å². The lowest BCUT2D eigenvalue weighted by atomic mass is 9.94. The second-order valence-electron chi connectivity index (χ2n) is 10.4. The molecule has 0 aliphatic carbocycles. The molecule has 1 amide bonds. The van der Waals surface area contributed by atoms with Gasteiger partial charge in [0.05, 0.1) is 44.5 Å². The normalized spacial score (nSPS) is 18.9. The molecule has 9 heteroatoms. The second kappa shape index (κ2) is 11.2. The molecule has 200 valence electrons. The second-order valence-corrected chi connectivity index (χ2v) is 11.5. The van der Waals surface area contributed by atoms with Crippen LogP contribution in [0.25, 0.3) is 10.2 Å². The van der Waals surface area contributed by atoms with Crippen molar-refractivity contribution >= 4 is 45.0 Å². The lowest BCUT2D eigenvalue weighted by Gasteiger charge is -2.36. The van der Waals surface area contributed by atoms with Crippen molar-refractivity contribution in [3.63, 3.8) is 0 Å². The van der Waals surface area contributed by atoms with Crippen molar-refractivity contribution in [2.24, 2.45) is 0 Å². The highest BCUT2D eigenvalue weighted by atomic mass is 32.1. The number of amides is 1. The minimum absolute atomic E-state index is 0.00951. The summed E-state index contributed by atoms with van der Waals surface area (Å²) in [6.45, 7) is 8.89. The lowest BCUT2D eigenvalue weighted by molar-refractivity contribution is -0.130. The summed E-state index contributed by atoms with van der Waals surface area (Å²) in [6, 6.07) is 6.53. The topological polar surface area (TPSA) is 97.2 Å². The molecule has 0 spiro atoms. The number of hydrogen-bond donors (Lipinski definition) is 3. The summed E-state index contributed by atoms with van der Waals surface area (Å²) in [7, 11) is 3.98. The number of carbonyl (C=O) groups excluding carboxylic acids is 1. The third-order valence-corrected chi connectivity index (χ3v) is 9.10. The van der Waals surface area contributed by atoms with Crippen LogP contribution in [0.15, 0.2) is 36.7 Å². The Morgan fingerprint density at radius 3 is 2.74 bits per heavy atom. The van der Waals surface area contributed by atoms with E-state index in [-0.39, 0.29) is 11.9 Å². The maximum absolute atomic E-state index is 13.7. The zero-order chi connectivity index (χ0) is 26.8. The number of carbonyl (C=O) groups is 1. The van der Waals surface area contributed by atoms with Crippen LogP contribution < -0.4 is 10.6 Å². The molecule has 1 atom stereocenters. The summed E-state index contributed by atoms with van der Waals surface area (Å²) in [4.78, 5) is 27.4. The molecule has 3 N–H and O–H groups in total. The highest BCUT2D eigenvalue weighted by molar-refractivity contribution is 7.18. The fraction of sp³-hybridized carbons (Fsp3) is 0.448. The fourth-order valence-electron chi connectivity index (χ4n) is 5.67. The highest BCUT2D eigenvalue weighted by Gasteiger charge is 2.30. The van der Waals surface area contributed by atoms with E-state index in [0.717, 1.165) is 67.7 Å². The molecule has 3 aromatic rings. The van der Waals surface area contributed by atoms with Gasteiger partial charge in [-0.2, -0.15) is 0 Å². The van der Waals surface area contributed by atoms with Crippen molar-refractivity contribution in [1.29, 1.82) is 5.41 Å². The molecule has 0 radical (unpaired) electrons. The minimum Gasteiger partial charge on any atom is -0.386 e. The molecule has 2 aromatic heterocycles. The van der Waals surface area contributed by atoms with Crippen LogP contribution in [0.4, 0.5) is 11.4 Å². The van der Waals surface area contributed by atoms with E-state index < -0.39 is 0 Å². The number of likely N-dealkylation sites (tertiary alicyclic amines) is 2. The van der Waals surface area contributed by atoms with Gasteiger partial charge in [0.1, 0.15) is 0 Å². The van der Waals surface area contributed by atoms with Crippen LogP contribution in [0.2, 0.25) is 0 Å². The molecule has 2 saturated heterocycles. The van der Waals surface area contributed by atoms with Gasteiger partial charge in [0.2, 0.25) is 0 Å². The number of hydrogen-bond acceptors (Lipinski definition) is 8. The Kier molecular flexibility index (Phi) is 7.76. The first-order valence-electron chi connectivity index (χ1n) is 13.4. The number of nitrogens with zero attached hydrogens (tertiary/aromatic N) is 4. The van der Waals surface area contributed by atoms with E-state index in [4.69, 9.17) is 10.4 Å². The average molecular weight is 532 g/mol. The van der Waals surface area contributed by atoms with E-state index in [1.807, 2.05) is 23.2 Å². The Morgan fingerprint density at radius 2 is 2.00 bits per heavy atom. The zero-order valence-electron chi connectivity index (χ0n) is 22.5. The number of fused-ring (bicyclic) bond motifs is 1. The predicted octanol–water partition coefficient (Wildman–Crippen LogP) is 5.53. The smallest absolute Gasteiger partial charge is 0.270 e. The molecule has 4 heterocycles. The highest BCUT2D eigenvalue weighted by Crippen LogP contribution is 2.37. The molecular weight excluding hydrogens is 494 g/mol. The SMILES string of the molecule is C=C(Nc1cnc(C)c(C=N)c1NC)C(=O)N1CCCCC1c1ccc2sc(C3CCN(C)CC3)nc2c1. The molecule has 1 aromatic carbocycles. The Bertz CT molecular complexity index is 1360. The van der Waals surface area contributed by atoms with Gasteiger partial charge in [0, 0.05) is 37.0 Å². The minimum atomic E-state index is -0.112. The predicted molar refractivity (Wildman–Crippen MR) is 157 cm³/mol. The van der Waals surface area contributed by atoms with Gasteiger partial charge >= 0.3 is 0 Å². The molecule has 5 rings (SSSR count). The van der Waals surface area contributed by atoms with E-state index in [1.54, 1.807) is 13.2 Å². The summed E-state index contributed by atoms with van der Waals surface area (Å²) >= 11 is 1.82. The first-order chi connectivity index (χ1) is 18.4. The van der Waals surface area contributed by atoms with Gasteiger partial charge in [0.25, 0.3) is 5.91 Å².